The number of halogens is 1. The van der Waals surface area contributed by atoms with E-state index in [9.17, 15) is 24.3 Å². The lowest BCUT2D eigenvalue weighted by Crippen LogP contribution is -2.63. The van der Waals surface area contributed by atoms with Crippen molar-refractivity contribution in [2.45, 2.75) is 76.7 Å². The standard InChI is InChI=1S/C23H31ClO6/c1-12(25)30-11-18(28)23(29)9-6-14-13-4-5-15-20(24)16(26)7-8-21(15,2)19(13)17(27)10-22(14,23)3/h13-15,19-20,29H,4-11H2,1-3H3/t13-,14-,15+,19+,20+,21-,22-,23+/m0/s1. The van der Waals surface area contributed by atoms with Crippen LogP contribution in [0.5, 0.6) is 0 Å². The maximum atomic E-state index is 13.6. The summed E-state index contributed by atoms with van der Waals surface area (Å²) < 4.78 is 4.87. The van der Waals surface area contributed by atoms with Crippen molar-refractivity contribution < 1.29 is 29.0 Å². The van der Waals surface area contributed by atoms with E-state index in [-0.39, 0.29) is 53.5 Å². The average molecular weight is 439 g/mol. The van der Waals surface area contributed by atoms with Gasteiger partial charge in [-0.2, -0.15) is 0 Å². The molecule has 1 N–H and O–H groups in total. The van der Waals surface area contributed by atoms with Crippen molar-refractivity contribution >= 4 is 34.9 Å². The van der Waals surface area contributed by atoms with Crippen LogP contribution in [-0.2, 0) is 23.9 Å². The number of hydrogen-bond donors (Lipinski definition) is 1. The topological polar surface area (TPSA) is 97.7 Å². The Morgan fingerprint density at radius 3 is 2.47 bits per heavy atom. The zero-order valence-electron chi connectivity index (χ0n) is 17.9. The average Bonchev–Trinajstić information content (AvgIpc) is 2.94. The molecule has 166 valence electrons. The zero-order valence-corrected chi connectivity index (χ0v) is 18.7. The number of hydrogen-bond acceptors (Lipinski definition) is 6. The van der Waals surface area contributed by atoms with Crippen molar-refractivity contribution in [3.8, 4) is 0 Å². The Morgan fingerprint density at radius 2 is 1.80 bits per heavy atom. The molecule has 4 aliphatic rings. The van der Waals surface area contributed by atoms with E-state index in [0.717, 1.165) is 12.8 Å². The SMILES string of the molecule is CC(=O)OCC(=O)[C@]1(O)CC[C@H]2[C@@H]3CC[C@@H]4[C@@H](Cl)C(=O)CC[C@]4(C)[C@H]3C(=O)C[C@@]21C. The molecule has 0 aromatic rings. The maximum Gasteiger partial charge on any atom is 0.303 e. The van der Waals surface area contributed by atoms with Crippen LogP contribution in [0.1, 0.15) is 65.7 Å². The van der Waals surface area contributed by atoms with Crippen LogP contribution in [0.3, 0.4) is 0 Å². The number of carbonyl (C=O) groups excluding carboxylic acids is 4. The normalized spacial score (nSPS) is 47.8. The molecule has 0 amide bonds. The first-order valence-electron chi connectivity index (χ1n) is 11.0. The molecule has 4 aliphatic carbocycles. The van der Waals surface area contributed by atoms with Crippen molar-refractivity contribution in [1.29, 1.82) is 0 Å². The molecule has 6 nitrogen and oxygen atoms in total. The zero-order chi connectivity index (χ0) is 22.1. The van der Waals surface area contributed by atoms with Gasteiger partial charge in [-0.1, -0.05) is 13.8 Å². The van der Waals surface area contributed by atoms with Gasteiger partial charge in [0, 0.05) is 31.1 Å². The van der Waals surface area contributed by atoms with Crippen molar-refractivity contribution in [1.82, 2.24) is 0 Å². The number of ether oxygens (including phenoxy) is 1. The molecule has 0 saturated heterocycles. The summed E-state index contributed by atoms with van der Waals surface area (Å²) in [7, 11) is 0. The molecule has 7 heteroatoms. The quantitative estimate of drug-likeness (QED) is 0.537. The molecule has 0 unspecified atom stereocenters. The Labute approximate surface area is 182 Å². The predicted molar refractivity (Wildman–Crippen MR) is 109 cm³/mol. The molecule has 4 saturated carbocycles. The van der Waals surface area contributed by atoms with Gasteiger partial charge in [0.1, 0.15) is 11.4 Å². The number of esters is 1. The fraction of sp³-hybridized carbons (Fsp3) is 0.826. The van der Waals surface area contributed by atoms with Crippen LogP contribution in [-0.4, -0.2) is 46.0 Å². The van der Waals surface area contributed by atoms with Gasteiger partial charge in [-0.15, -0.1) is 11.6 Å². The summed E-state index contributed by atoms with van der Waals surface area (Å²) in [6.07, 6.45) is 3.72. The van der Waals surface area contributed by atoms with E-state index in [1.165, 1.54) is 6.92 Å². The van der Waals surface area contributed by atoms with E-state index in [2.05, 4.69) is 6.92 Å². The number of carbonyl (C=O) groups is 4. The van der Waals surface area contributed by atoms with E-state index in [1.807, 2.05) is 6.92 Å². The molecule has 0 aromatic heterocycles. The molecular weight excluding hydrogens is 408 g/mol. The lowest BCUT2D eigenvalue weighted by Gasteiger charge is -2.60. The highest BCUT2D eigenvalue weighted by Gasteiger charge is 2.69. The molecular formula is C23H31ClO6. The fourth-order valence-electron chi connectivity index (χ4n) is 7.66. The summed E-state index contributed by atoms with van der Waals surface area (Å²) in [5.41, 5.74) is -2.84. The van der Waals surface area contributed by atoms with E-state index >= 15 is 0 Å². The Morgan fingerprint density at radius 1 is 1.10 bits per heavy atom. The number of alkyl halides is 1. The molecule has 0 radical (unpaired) electrons. The third-order valence-corrected chi connectivity index (χ3v) is 9.77. The molecule has 0 spiro atoms. The third-order valence-electron chi connectivity index (χ3n) is 9.22. The van der Waals surface area contributed by atoms with Crippen LogP contribution >= 0.6 is 11.6 Å². The number of rotatable bonds is 3. The summed E-state index contributed by atoms with van der Waals surface area (Å²) in [5, 5.41) is 10.9. The molecule has 0 heterocycles. The molecule has 8 atom stereocenters. The van der Waals surface area contributed by atoms with E-state index in [1.54, 1.807) is 0 Å². The monoisotopic (exact) mass is 438 g/mol. The smallest absolute Gasteiger partial charge is 0.303 e. The summed E-state index contributed by atoms with van der Waals surface area (Å²) >= 11 is 6.51. The highest BCUT2D eigenvalue weighted by Crippen LogP contribution is 2.67. The Kier molecular flexibility index (Phi) is 5.21. The predicted octanol–water partition coefficient (Wildman–Crippen LogP) is 2.86. The van der Waals surface area contributed by atoms with Crippen LogP contribution in [0.2, 0.25) is 0 Å². The van der Waals surface area contributed by atoms with Crippen molar-refractivity contribution in [2.24, 2.45) is 34.5 Å². The van der Waals surface area contributed by atoms with E-state index < -0.39 is 34.8 Å². The van der Waals surface area contributed by atoms with E-state index in [0.29, 0.717) is 19.3 Å². The molecule has 4 rings (SSSR count). The first-order valence-corrected chi connectivity index (χ1v) is 11.5. The highest BCUT2D eigenvalue weighted by atomic mass is 35.5. The summed E-state index contributed by atoms with van der Waals surface area (Å²) in [4.78, 5) is 49.8. The van der Waals surface area contributed by atoms with Crippen LogP contribution in [0.25, 0.3) is 0 Å². The Balaban J connectivity index is 1.65. The largest absolute Gasteiger partial charge is 0.458 e. The maximum absolute atomic E-state index is 13.6. The van der Waals surface area contributed by atoms with Gasteiger partial charge in [-0.25, -0.2) is 0 Å². The van der Waals surface area contributed by atoms with Gasteiger partial charge in [0.05, 0.1) is 5.38 Å². The van der Waals surface area contributed by atoms with Crippen LogP contribution in [0.15, 0.2) is 0 Å². The van der Waals surface area contributed by atoms with Crippen LogP contribution < -0.4 is 0 Å². The van der Waals surface area contributed by atoms with Gasteiger partial charge in [0.25, 0.3) is 0 Å². The number of fused-ring (bicyclic) bond motifs is 5. The second kappa shape index (κ2) is 7.13. The lowest BCUT2D eigenvalue weighted by atomic mass is 9.44. The van der Waals surface area contributed by atoms with Crippen molar-refractivity contribution in [3.63, 3.8) is 0 Å². The third kappa shape index (κ3) is 2.85. The summed E-state index contributed by atoms with van der Waals surface area (Å²) in [6.45, 7) is 4.73. The Bertz CT molecular complexity index is 810. The molecule has 0 aromatic carbocycles. The molecule has 30 heavy (non-hydrogen) atoms. The molecule has 0 aliphatic heterocycles. The van der Waals surface area contributed by atoms with Gasteiger partial charge >= 0.3 is 5.97 Å². The highest BCUT2D eigenvalue weighted by molar-refractivity contribution is 6.31. The van der Waals surface area contributed by atoms with Gasteiger partial charge in [0.2, 0.25) is 5.78 Å². The van der Waals surface area contributed by atoms with Gasteiger partial charge in [0.15, 0.2) is 12.4 Å². The van der Waals surface area contributed by atoms with Gasteiger partial charge < -0.3 is 9.84 Å². The van der Waals surface area contributed by atoms with Gasteiger partial charge in [-0.3, -0.25) is 19.2 Å². The van der Waals surface area contributed by atoms with Crippen molar-refractivity contribution in [2.75, 3.05) is 6.61 Å². The number of ketones is 3. The van der Waals surface area contributed by atoms with E-state index in [4.69, 9.17) is 16.3 Å². The first kappa shape index (κ1) is 21.9. The van der Waals surface area contributed by atoms with Crippen molar-refractivity contribution in [3.05, 3.63) is 0 Å². The van der Waals surface area contributed by atoms with Crippen LogP contribution in [0.4, 0.5) is 0 Å². The summed E-state index contributed by atoms with van der Waals surface area (Å²) in [6, 6.07) is 0. The number of aliphatic hydroxyl groups is 1. The lowest BCUT2D eigenvalue weighted by molar-refractivity contribution is -0.180. The van der Waals surface area contributed by atoms with Crippen LogP contribution in [0, 0.1) is 34.5 Å². The second-order valence-corrected chi connectivity index (χ2v) is 10.9. The van der Waals surface area contributed by atoms with Gasteiger partial charge in [-0.05, 0) is 55.3 Å². The Hall–Kier alpha value is -1.27. The minimum Gasteiger partial charge on any atom is -0.458 e. The second-order valence-electron chi connectivity index (χ2n) is 10.5. The minimum atomic E-state index is -1.66. The fourth-order valence-corrected chi connectivity index (χ4v) is 8.18. The first-order chi connectivity index (χ1) is 14.0. The minimum absolute atomic E-state index is 0.000795. The number of Topliss-reactive ketones (excluding diaryl/α,β-unsaturated/α-hetero) is 3. The molecule has 0 bridgehead atoms. The molecule has 4 fully saturated rings. The summed E-state index contributed by atoms with van der Waals surface area (Å²) in [5.74, 6) is -1.00.